The van der Waals surface area contributed by atoms with Crippen LogP contribution in [-0.4, -0.2) is 10.9 Å². The van der Waals surface area contributed by atoms with E-state index < -0.39 is 12.1 Å². The Morgan fingerprint density at radius 1 is 1.00 bits per heavy atom. The highest BCUT2D eigenvalue weighted by Gasteiger charge is 2.32. The van der Waals surface area contributed by atoms with Crippen LogP contribution in [0.2, 0.25) is 0 Å². The number of ether oxygens (including phenoxy) is 1. The Balaban J connectivity index is 1.88. The van der Waals surface area contributed by atoms with Gasteiger partial charge in [0.25, 0.3) is 5.56 Å². The summed E-state index contributed by atoms with van der Waals surface area (Å²) in [6.45, 7) is 0. The summed E-state index contributed by atoms with van der Waals surface area (Å²) in [7, 11) is 0. The van der Waals surface area contributed by atoms with Gasteiger partial charge in [-0.1, -0.05) is 30.3 Å². The molecular formula is C21H12F3N3O2S. The molecule has 0 saturated carbocycles. The number of nitrogens with zero attached hydrogens (tertiary/aromatic N) is 2. The Hall–Kier alpha value is -3.77. The third kappa shape index (κ3) is 3.73. The lowest BCUT2D eigenvalue weighted by molar-refractivity contribution is -0.274. The number of anilines is 2. The Morgan fingerprint density at radius 2 is 1.70 bits per heavy atom. The molecule has 0 aliphatic rings. The number of thiophene rings is 1. The molecule has 0 fully saturated rings. The molecule has 9 heteroatoms. The summed E-state index contributed by atoms with van der Waals surface area (Å²) < 4.78 is 43.8. The summed E-state index contributed by atoms with van der Waals surface area (Å²) in [5, 5.41) is 13.0. The highest BCUT2D eigenvalue weighted by atomic mass is 32.1. The van der Waals surface area contributed by atoms with Gasteiger partial charge < -0.3 is 10.1 Å². The van der Waals surface area contributed by atoms with E-state index in [9.17, 15) is 23.2 Å². The number of para-hydroxylation sites is 3. The molecule has 4 rings (SSSR count). The number of alkyl halides is 3. The zero-order chi connectivity index (χ0) is 21.3. The fraction of sp³-hybridized carbons (Fsp3) is 0.0476. The van der Waals surface area contributed by atoms with Crippen LogP contribution < -0.4 is 15.6 Å². The monoisotopic (exact) mass is 427 g/mol. The summed E-state index contributed by atoms with van der Waals surface area (Å²) in [4.78, 5) is 13.3. The van der Waals surface area contributed by atoms with Crippen molar-refractivity contribution in [3.8, 4) is 17.5 Å². The number of hydrogen-bond donors (Lipinski definition) is 1. The summed E-state index contributed by atoms with van der Waals surface area (Å²) in [6.07, 6.45) is -4.86. The number of fused-ring (bicyclic) bond motifs is 1. The lowest BCUT2D eigenvalue weighted by Crippen LogP contribution is -2.18. The maximum atomic E-state index is 12.7. The first-order valence-electron chi connectivity index (χ1n) is 8.63. The molecule has 0 bridgehead atoms. The van der Waals surface area contributed by atoms with Crippen LogP contribution in [0, 0.1) is 11.3 Å². The number of pyridine rings is 1. The van der Waals surface area contributed by atoms with Gasteiger partial charge in [-0.2, -0.15) is 5.26 Å². The molecule has 2 aromatic heterocycles. The minimum absolute atomic E-state index is 0.0449. The molecule has 0 amide bonds. The molecule has 0 atom stereocenters. The molecule has 0 radical (unpaired) electrons. The molecule has 150 valence electrons. The van der Waals surface area contributed by atoms with Crippen molar-refractivity contribution in [1.29, 1.82) is 5.26 Å². The Bertz CT molecular complexity index is 1320. The van der Waals surface area contributed by atoms with Gasteiger partial charge in [0.2, 0.25) is 0 Å². The fourth-order valence-corrected chi connectivity index (χ4v) is 4.09. The molecule has 30 heavy (non-hydrogen) atoms. The van der Waals surface area contributed by atoms with Crippen LogP contribution in [0.1, 0.15) is 4.88 Å². The number of halogens is 3. The number of nitrogens with one attached hydrogen (secondary N) is 1. The smallest absolute Gasteiger partial charge is 0.404 e. The number of hydrogen-bond acceptors (Lipinski definition) is 5. The first-order valence-corrected chi connectivity index (χ1v) is 9.45. The Labute approximate surface area is 172 Å². The molecule has 0 unspecified atom stereocenters. The summed E-state index contributed by atoms with van der Waals surface area (Å²) in [5.41, 5.74) is 0.682. The van der Waals surface area contributed by atoms with E-state index in [-0.39, 0.29) is 16.1 Å². The zero-order valence-corrected chi connectivity index (χ0v) is 15.9. The third-order valence-electron chi connectivity index (χ3n) is 4.23. The van der Waals surface area contributed by atoms with Crippen LogP contribution in [0.15, 0.2) is 71.5 Å². The van der Waals surface area contributed by atoms with Gasteiger partial charge in [0, 0.05) is 11.5 Å². The van der Waals surface area contributed by atoms with Gasteiger partial charge in [-0.3, -0.25) is 9.36 Å². The summed E-state index contributed by atoms with van der Waals surface area (Å²) in [5.74, 6) is -0.426. The van der Waals surface area contributed by atoms with Crippen molar-refractivity contribution in [3.05, 3.63) is 82.0 Å². The predicted octanol–water partition coefficient (Wildman–Crippen LogP) is 5.57. The van der Waals surface area contributed by atoms with E-state index in [1.54, 1.807) is 36.4 Å². The topological polar surface area (TPSA) is 67.0 Å². The van der Waals surface area contributed by atoms with E-state index in [0.717, 1.165) is 11.3 Å². The van der Waals surface area contributed by atoms with Crippen LogP contribution in [0.4, 0.5) is 24.5 Å². The van der Waals surface area contributed by atoms with Crippen LogP contribution >= 0.6 is 11.3 Å². The predicted molar refractivity (Wildman–Crippen MR) is 109 cm³/mol. The first-order chi connectivity index (χ1) is 14.4. The maximum Gasteiger partial charge on any atom is 0.573 e. The van der Waals surface area contributed by atoms with Gasteiger partial charge in [-0.05, 0) is 30.3 Å². The van der Waals surface area contributed by atoms with E-state index >= 15 is 0 Å². The molecule has 0 spiro atoms. The molecule has 5 nitrogen and oxygen atoms in total. The number of benzene rings is 2. The van der Waals surface area contributed by atoms with E-state index in [0.29, 0.717) is 21.6 Å². The molecule has 1 N–H and O–H groups in total. The van der Waals surface area contributed by atoms with E-state index in [1.807, 2.05) is 12.1 Å². The van der Waals surface area contributed by atoms with Gasteiger partial charge in [0.1, 0.15) is 15.8 Å². The number of rotatable bonds is 4. The molecular weight excluding hydrogens is 415 g/mol. The van der Waals surface area contributed by atoms with Crippen molar-refractivity contribution >= 4 is 32.9 Å². The van der Waals surface area contributed by atoms with Crippen molar-refractivity contribution < 1.29 is 17.9 Å². The molecule has 2 heterocycles. The van der Waals surface area contributed by atoms with Crippen molar-refractivity contribution in [2.24, 2.45) is 0 Å². The van der Waals surface area contributed by atoms with Crippen LogP contribution in [0.5, 0.6) is 5.75 Å². The van der Waals surface area contributed by atoms with Crippen LogP contribution in [0.3, 0.4) is 0 Å². The van der Waals surface area contributed by atoms with Gasteiger partial charge in [-0.25, -0.2) is 0 Å². The van der Waals surface area contributed by atoms with E-state index in [4.69, 9.17) is 0 Å². The molecule has 2 aromatic carbocycles. The highest BCUT2D eigenvalue weighted by Crippen LogP contribution is 2.40. The second-order valence-corrected chi connectivity index (χ2v) is 7.15. The zero-order valence-electron chi connectivity index (χ0n) is 15.1. The van der Waals surface area contributed by atoms with Crippen molar-refractivity contribution in [3.63, 3.8) is 0 Å². The lowest BCUT2D eigenvalue weighted by atomic mass is 10.2. The highest BCUT2D eigenvalue weighted by molar-refractivity contribution is 7.20. The Kier molecular flexibility index (Phi) is 4.93. The number of aromatic nitrogens is 1. The van der Waals surface area contributed by atoms with Gasteiger partial charge in [0.05, 0.1) is 17.1 Å². The van der Waals surface area contributed by atoms with E-state index in [2.05, 4.69) is 10.1 Å². The summed E-state index contributed by atoms with van der Waals surface area (Å²) >= 11 is 1.07. The van der Waals surface area contributed by atoms with Crippen LogP contribution in [-0.2, 0) is 0 Å². The molecule has 0 saturated heterocycles. The van der Waals surface area contributed by atoms with Gasteiger partial charge in [0.15, 0.2) is 5.75 Å². The molecule has 4 aromatic rings. The lowest BCUT2D eigenvalue weighted by Gasteiger charge is -2.14. The quantitative estimate of drug-likeness (QED) is 0.463. The average molecular weight is 427 g/mol. The maximum absolute atomic E-state index is 12.7. The summed E-state index contributed by atoms with van der Waals surface area (Å²) in [6, 6.07) is 19.4. The van der Waals surface area contributed by atoms with Crippen molar-refractivity contribution in [2.75, 3.05) is 5.32 Å². The SMILES string of the molecule is N#Cc1sc2c(ccc(=O)n2-c2ccccc2)c1Nc1ccccc1OC(F)(F)F. The standard InChI is InChI=1S/C21H12F3N3O2S/c22-21(23,24)29-16-9-5-4-8-15(16)26-19-14-10-11-18(28)27(13-6-2-1-3-7-13)20(14)30-17(19)12-25/h1-11,26H. The van der Waals surface area contributed by atoms with Gasteiger partial charge >= 0.3 is 6.36 Å². The Morgan fingerprint density at radius 3 is 2.40 bits per heavy atom. The minimum Gasteiger partial charge on any atom is -0.404 e. The van der Waals surface area contributed by atoms with Crippen molar-refractivity contribution in [1.82, 2.24) is 4.57 Å². The molecule has 0 aliphatic heterocycles. The fourth-order valence-electron chi connectivity index (χ4n) is 3.02. The second kappa shape index (κ2) is 7.57. The van der Waals surface area contributed by atoms with Gasteiger partial charge in [-0.15, -0.1) is 24.5 Å². The van der Waals surface area contributed by atoms with E-state index in [1.165, 1.54) is 28.8 Å². The number of nitriles is 1. The minimum atomic E-state index is -4.86. The van der Waals surface area contributed by atoms with Crippen molar-refractivity contribution in [2.45, 2.75) is 6.36 Å². The largest absolute Gasteiger partial charge is 0.573 e. The third-order valence-corrected chi connectivity index (χ3v) is 5.33. The average Bonchev–Trinajstić information content (AvgIpc) is 3.06. The molecule has 0 aliphatic carbocycles. The van der Waals surface area contributed by atoms with Crippen LogP contribution in [0.25, 0.3) is 15.9 Å². The normalized spacial score (nSPS) is 11.3. The second-order valence-electron chi connectivity index (χ2n) is 6.15. The first kappa shape index (κ1) is 19.5.